The molecule has 1 saturated heterocycles. The van der Waals surface area contributed by atoms with Crippen LogP contribution in [0.25, 0.3) is 10.1 Å². The highest BCUT2D eigenvalue weighted by molar-refractivity contribution is 7.17. The third-order valence-electron chi connectivity index (χ3n) is 3.50. The van der Waals surface area contributed by atoms with E-state index in [0.717, 1.165) is 18.9 Å². The molecule has 1 fully saturated rings. The van der Waals surface area contributed by atoms with Gasteiger partial charge in [-0.05, 0) is 30.4 Å². The molecule has 3 rings (SSSR count). The summed E-state index contributed by atoms with van der Waals surface area (Å²) >= 11 is 1.71. The average Bonchev–Trinajstić information content (AvgIpc) is 2.87. The van der Waals surface area contributed by atoms with Crippen LogP contribution >= 0.6 is 11.3 Å². The number of aliphatic carboxylic acids is 1. The Kier molecular flexibility index (Phi) is 2.91. The molecule has 18 heavy (non-hydrogen) atoms. The molecule has 0 aromatic carbocycles. The minimum absolute atomic E-state index is 0.192. The summed E-state index contributed by atoms with van der Waals surface area (Å²) in [6.45, 7) is 1.55. The molecule has 2 aromatic rings. The average molecular weight is 262 g/mol. The highest BCUT2D eigenvalue weighted by Gasteiger charge is 2.25. The van der Waals surface area contributed by atoms with Crippen molar-refractivity contribution in [1.82, 2.24) is 4.98 Å². The predicted octanol–water partition coefficient (Wildman–Crippen LogP) is 2.60. The molecule has 0 aliphatic carbocycles. The highest BCUT2D eigenvalue weighted by atomic mass is 32.1. The molecule has 0 amide bonds. The van der Waals surface area contributed by atoms with Crippen molar-refractivity contribution in [3.8, 4) is 0 Å². The molecule has 1 aliphatic heterocycles. The van der Waals surface area contributed by atoms with Crippen LogP contribution < -0.4 is 4.90 Å². The van der Waals surface area contributed by atoms with E-state index >= 15 is 0 Å². The van der Waals surface area contributed by atoms with E-state index in [-0.39, 0.29) is 5.92 Å². The molecule has 5 heteroatoms. The van der Waals surface area contributed by atoms with Crippen LogP contribution in [0.15, 0.2) is 23.7 Å². The van der Waals surface area contributed by atoms with Gasteiger partial charge < -0.3 is 10.0 Å². The van der Waals surface area contributed by atoms with Gasteiger partial charge in [0.05, 0.1) is 5.92 Å². The number of anilines is 1. The van der Waals surface area contributed by atoms with E-state index in [1.54, 1.807) is 11.3 Å². The van der Waals surface area contributed by atoms with Gasteiger partial charge in [-0.1, -0.05) is 0 Å². The van der Waals surface area contributed by atoms with E-state index in [9.17, 15) is 4.79 Å². The van der Waals surface area contributed by atoms with Crippen LogP contribution in [0, 0.1) is 5.92 Å². The Morgan fingerprint density at radius 1 is 1.39 bits per heavy atom. The maximum Gasteiger partial charge on any atom is 0.306 e. The molecular formula is C13H14N2O2S. The molecule has 4 nitrogen and oxygen atoms in total. The minimum atomic E-state index is -0.670. The number of nitrogens with zero attached hydrogens (tertiary/aromatic N) is 2. The van der Waals surface area contributed by atoms with Crippen LogP contribution in [-0.4, -0.2) is 29.1 Å². The number of fused-ring (bicyclic) bond motifs is 1. The molecule has 94 valence electrons. The third kappa shape index (κ3) is 1.95. The first kappa shape index (κ1) is 11.5. The summed E-state index contributed by atoms with van der Waals surface area (Å²) in [5, 5.41) is 12.2. The van der Waals surface area contributed by atoms with Crippen molar-refractivity contribution in [1.29, 1.82) is 0 Å². The van der Waals surface area contributed by atoms with Crippen molar-refractivity contribution in [3.05, 3.63) is 23.7 Å². The zero-order chi connectivity index (χ0) is 12.5. The number of aromatic nitrogens is 1. The molecule has 0 atom stereocenters. The Labute approximate surface area is 109 Å². The third-order valence-corrected chi connectivity index (χ3v) is 4.38. The van der Waals surface area contributed by atoms with E-state index in [0.29, 0.717) is 12.8 Å². The monoisotopic (exact) mass is 262 g/mol. The second-order valence-corrected chi connectivity index (χ2v) is 5.51. The van der Waals surface area contributed by atoms with Crippen molar-refractivity contribution in [3.63, 3.8) is 0 Å². The number of hydrogen-bond acceptors (Lipinski definition) is 4. The minimum Gasteiger partial charge on any atom is -0.481 e. The lowest BCUT2D eigenvalue weighted by molar-refractivity contribution is -0.142. The van der Waals surface area contributed by atoms with Crippen LogP contribution in [0.5, 0.6) is 0 Å². The zero-order valence-corrected chi connectivity index (χ0v) is 10.7. The summed E-state index contributed by atoms with van der Waals surface area (Å²) in [5.74, 6) is 0.136. The topological polar surface area (TPSA) is 53.4 Å². The molecule has 1 N–H and O–H groups in total. The molecule has 0 radical (unpaired) electrons. The van der Waals surface area contributed by atoms with Gasteiger partial charge in [-0.2, -0.15) is 0 Å². The summed E-state index contributed by atoms with van der Waals surface area (Å²) in [6.07, 6.45) is 3.24. The molecule has 2 aromatic heterocycles. The Morgan fingerprint density at radius 3 is 2.89 bits per heavy atom. The molecule has 0 saturated carbocycles. The lowest BCUT2D eigenvalue weighted by atomic mass is 9.97. The van der Waals surface area contributed by atoms with Gasteiger partial charge in [0.25, 0.3) is 0 Å². The van der Waals surface area contributed by atoms with E-state index < -0.39 is 5.97 Å². The summed E-state index contributed by atoms with van der Waals surface area (Å²) in [6, 6.07) is 4.11. The largest absolute Gasteiger partial charge is 0.481 e. The first-order chi connectivity index (χ1) is 8.75. The van der Waals surface area contributed by atoms with Crippen molar-refractivity contribution < 1.29 is 9.90 Å². The number of carboxylic acids is 1. The van der Waals surface area contributed by atoms with E-state index in [2.05, 4.69) is 21.3 Å². The first-order valence-electron chi connectivity index (χ1n) is 6.05. The Bertz CT molecular complexity index is 573. The van der Waals surface area contributed by atoms with Crippen LogP contribution in [0.3, 0.4) is 0 Å². The van der Waals surface area contributed by atoms with E-state index in [1.165, 1.54) is 10.1 Å². The second kappa shape index (κ2) is 4.57. The number of pyridine rings is 1. The summed E-state index contributed by atoms with van der Waals surface area (Å²) in [7, 11) is 0. The molecule has 0 bridgehead atoms. The lowest BCUT2D eigenvalue weighted by Crippen LogP contribution is -2.36. The molecule has 0 unspecified atom stereocenters. The standard InChI is InChI=1S/C13H14N2O2S/c16-13(17)9-2-6-15(7-3-9)12-10-4-8-18-11(10)1-5-14-12/h1,4-5,8-9H,2-3,6-7H2,(H,16,17). The van der Waals surface area contributed by atoms with Crippen LogP contribution in [-0.2, 0) is 4.79 Å². The fourth-order valence-electron chi connectivity index (χ4n) is 2.47. The summed E-state index contributed by atoms with van der Waals surface area (Å²) < 4.78 is 1.24. The van der Waals surface area contributed by atoms with Crippen molar-refractivity contribution in [2.45, 2.75) is 12.8 Å². The van der Waals surface area contributed by atoms with Crippen molar-refractivity contribution >= 4 is 33.2 Å². The van der Waals surface area contributed by atoms with Gasteiger partial charge in [0.15, 0.2) is 0 Å². The molecule has 0 spiro atoms. The SMILES string of the molecule is O=C(O)C1CCN(c2nccc3sccc23)CC1. The highest BCUT2D eigenvalue weighted by Crippen LogP contribution is 2.30. The van der Waals surface area contributed by atoms with E-state index in [4.69, 9.17) is 5.11 Å². The molecule has 1 aliphatic rings. The lowest BCUT2D eigenvalue weighted by Gasteiger charge is -2.31. The van der Waals surface area contributed by atoms with Gasteiger partial charge in [0, 0.05) is 29.4 Å². The van der Waals surface area contributed by atoms with Crippen molar-refractivity contribution in [2.24, 2.45) is 5.92 Å². The number of carbonyl (C=O) groups is 1. The normalized spacial score (nSPS) is 17.2. The second-order valence-electron chi connectivity index (χ2n) is 4.57. The Balaban J connectivity index is 1.84. The maximum atomic E-state index is 10.9. The summed E-state index contributed by atoms with van der Waals surface area (Å²) in [5.41, 5.74) is 0. The fraction of sp³-hybridized carbons (Fsp3) is 0.385. The number of piperidine rings is 1. The zero-order valence-electron chi connectivity index (χ0n) is 9.87. The van der Waals surface area contributed by atoms with Gasteiger partial charge >= 0.3 is 5.97 Å². The van der Waals surface area contributed by atoms with E-state index in [1.807, 2.05) is 12.3 Å². The van der Waals surface area contributed by atoms with Crippen LogP contribution in [0.2, 0.25) is 0 Å². The predicted molar refractivity (Wildman–Crippen MR) is 72.2 cm³/mol. The Morgan fingerprint density at radius 2 is 2.17 bits per heavy atom. The number of carboxylic acid groups (broad SMARTS) is 1. The smallest absolute Gasteiger partial charge is 0.306 e. The van der Waals surface area contributed by atoms with Gasteiger partial charge in [-0.25, -0.2) is 4.98 Å². The maximum absolute atomic E-state index is 10.9. The first-order valence-corrected chi connectivity index (χ1v) is 6.93. The quantitative estimate of drug-likeness (QED) is 0.904. The number of rotatable bonds is 2. The molecule has 3 heterocycles. The van der Waals surface area contributed by atoms with Gasteiger partial charge in [0.2, 0.25) is 0 Å². The van der Waals surface area contributed by atoms with Gasteiger partial charge in [-0.15, -0.1) is 11.3 Å². The van der Waals surface area contributed by atoms with Crippen LogP contribution in [0.1, 0.15) is 12.8 Å². The Hall–Kier alpha value is -1.62. The summed E-state index contributed by atoms with van der Waals surface area (Å²) in [4.78, 5) is 17.6. The van der Waals surface area contributed by atoms with Crippen LogP contribution in [0.4, 0.5) is 5.82 Å². The number of thiophene rings is 1. The van der Waals surface area contributed by atoms with Gasteiger partial charge in [0.1, 0.15) is 5.82 Å². The fourth-order valence-corrected chi connectivity index (χ4v) is 3.25. The van der Waals surface area contributed by atoms with Crippen molar-refractivity contribution in [2.75, 3.05) is 18.0 Å². The molecular weight excluding hydrogens is 248 g/mol. The number of hydrogen-bond donors (Lipinski definition) is 1. The van der Waals surface area contributed by atoms with Gasteiger partial charge in [-0.3, -0.25) is 4.79 Å².